The van der Waals surface area contributed by atoms with Crippen LogP contribution < -0.4 is 11.4 Å². The smallest absolute Gasteiger partial charge is 0.343 e. The normalized spacial score (nSPS) is 12.1. The topological polar surface area (TPSA) is 87.1 Å². The summed E-state index contributed by atoms with van der Waals surface area (Å²) < 4.78 is 27.4. The molecule has 2 aromatic heterocycles. The number of aryl methyl sites for hydroxylation is 1. The summed E-state index contributed by atoms with van der Waals surface area (Å²) in [5.41, 5.74) is 6.29. The highest BCUT2D eigenvalue weighted by Gasteiger charge is 2.25. The molecule has 0 saturated carbocycles. The minimum absolute atomic E-state index is 0.120. The molecule has 0 unspecified atom stereocenters. The van der Waals surface area contributed by atoms with E-state index >= 15 is 0 Å². The molecule has 8 heteroatoms. The molecular weight excluding hydrogens is 298 g/mol. The highest BCUT2D eigenvalue weighted by Crippen LogP contribution is 2.23. The molecule has 3 aromatic rings. The number of anilines is 1. The van der Waals surface area contributed by atoms with Gasteiger partial charge in [0.15, 0.2) is 0 Å². The average Bonchev–Trinajstić information content (AvgIpc) is 2.99. The lowest BCUT2D eigenvalue weighted by Gasteiger charge is -2.03. The molecule has 0 bridgehead atoms. The zero-order valence-corrected chi connectivity index (χ0v) is 12.1. The fourth-order valence-corrected chi connectivity index (χ4v) is 4.55. The van der Waals surface area contributed by atoms with Crippen molar-refractivity contribution in [3.05, 3.63) is 46.2 Å². The van der Waals surface area contributed by atoms with Gasteiger partial charge in [0.2, 0.25) is 0 Å². The molecule has 0 radical (unpaired) electrons. The number of aromatic nitrogens is 2. The molecule has 6 nitrogen and oxygen atoms in total. The first-order valence-electron chi connectivity index (χ1n) is 5.69. The van der Waals surface area contributed by atoms with E-state index in [1.807, 2.05) is 0 Å². The maximum Gasteiger partial charge on any atom is 0.343 e. The summed E-state index contributed by atoms with van der Waals surface area (Å²) in [5.74, 6) is 0. The summed E-state index contributed by atoms with van der Waals surface area (Å²) in [6, 6.07) is 7.85. The van der Waals surface area contributed by atoms with Crippen LogP contribution in [0.15, 0.2) is 44.7 Å². The first-order valence-corrected chi connectivity index (χ1v) is 8.01. The zero-order valence-electron chi connectivity index (χ0n) is 10.5. The minimum atomic E-state index is -3.90. The Morgan fingerprint density at radius 3 is 2.60 bits per heavy atom. The van der Waals surface area contributed by atoms with Gasteiger partial charge in [0.1, 0.15) is 4.21 Å². The Bertz CT molecular complexity index is 950. The van der Waals surface area contributed by atoms with Crippen LogP contribution in [0.3, 0.4) is 0 Å². The molecule has 0 amide bonds. The maximum absolute atomic E-state index is 12.6. The highest BCUT2D eigenvalue weighted by molar-refractivity contribution is 7.92. The molecule has 0 spiro atoms. The number of nitrogens with zero attached hydrogens (tertiary/aromatic N) is 2. The first kappa shape index (κ1) is 12.9. The molecule has 2 heterocycles. The Balaban J connectivity index is 2.46. The van der Waals surface area contributed by atoms with Crippen molar-refractivity contribution < 1.29 is 8.42 Å². The molecule has 0 aliphatic heterocycles. The van der Waals surface area contributed by atoms with Crippen LogP contribution in [0.4, 0.5) is 5.69 Å². The van der Waals surface area contributed by atoms with Gasteiger partial charge in [-0.25, -0.2) is 4.79 Å². The first-order chi connectivity index (χ1) is 9.43. The Kier molecular flexibility index (Phi) is 2.73. The van der Waals surface area contributed by atoms with Gasteiger partial charge in [-0.05, 0) is 29.6 Å². The molecule has 0 aliphatic rings. The van der Waals surface area contributed by atoms with E-state index in [1.165, 1.54) is 23.7 Å². The van der Waals surface area contributed by atoms with Crippen molar-refractivity contribution in [3.63, 3.8) is 0 Å². The Labute approximate surface area is 118 Å². The number of nitrogens with two attached hydrogens (primary N) is 1. The van der Waals surface area contributed by atoms with E-state index in [4.69, 9.17) is 5.73 Å². The summed E-state index contributed by atoms with van der Waals surface area (Å²) >= 11 is 1.07. The number of hydrogen-bond acceptors (Lipinski definition) is 5. The second-order valence-electron chi connectivity index (χ2n) is 4.29. The Morgan fingerprint density at radius 2 is 1.95 bits per heavy atom. The van der Waals surface area contributed by atoms with Crippen molar-refractivity contribution in [1.29, 1.82) is 0 Å². The van der Waals surface area contributed by atoms with Crippen molar-refractivity contribution in [2.24, 2.45) is 7.05 Å². The molecule has 0 atom stereocenters. The standard InChI is InChI=1S/C12H11N3O3S2/c1-14-9-5-4-8(13)7-10(9)15(12(14)16)20(17,18)11-3-2-6-19-11/h2-7H,13H2,1H3. The summed E-state index contributed by atoms with van der Waals surface area (Å²) in [4.78, 5) is 12.3. The number of rotatable bonds is 2. The highest BCUT2D eigenvalue weighted by atomic mass is 32.2. The number of fused-ring (bicyclic) bond motifs is 1. The second-order valence-corrected chi connectivity index (χ2v) is 7.25. The van der Waals surface area contributed by atoms with Crippen LogP contribution in [-0.2, 0) is 17.1 Å². The molecule has 104 valence electrons. The van der Waals surface area contributed by atoms with Crippen molar-refractivity contribution in [2.75, 3.05) is 5.73 Å². The quantitative estimate of drug-likeness (QED) is 0.721. The van der Waals surface area contributed by atoms with Crippen LogP contribution in [0.25, 0.3) is 11.0 Å². The van der Waals surface area contributed by atoms with E-state index in [0.717, 1.165) is 15.3 Å². The van der Waals surface area contributed by atoms with Crippen molar-refractivity contribution in [3.8, 4) is 0 Å². The van der Waals surface area contributed by atoms with Gasteiger partial charge in [-0.2, -0.15) is 12.4 Å². The Morgan fingerprint density at radius 1 is 1.20 bits per heavy atom. The zero-order chi connectivity index (χ0) is 14.5. The van der Waals surface area contributed by atoms with Crippen LogP contribution in [0.1, 0.15) is 0 Å². The minimum Gasteiger partial charge on any atom is -0.399 e. The molecular formula is C12H11N3O3S2. The fourth-order valence-electron chi connectivity index (χ4n) is 2.06. The van der Waals surface area contributed by atoms with Crippen LogP contribution in [0, 0.1) is 0 Å². The van der Waals surface area contributed by atoms with Crippen LogP contribution in [0.2, 0.25) is 0 Å². The van der Waals surface area contributed by atoms with E-state index in [1.54, 1.807) is 23.6 Å². The maximum atomic E-state index is 12.6. The summed E-state index contributed by atoms with van der Waals surface area (Å²) in [6.45, 7) is 0. The molecule has 0 aliphatic carbocycles. The fraction of sp³-hybridized carbons (Fsp3) is 0.0833. The van der Waals surface area contributed by atoms with Gasteiger partial charge < -0.3 is 5.73 Å². The lowest BCUT2D eigenvalue weighted by molar-refractivity contribution is 0.588. The van der Waals surface area contributed by atoms with Gasteiger partial charge in [0.25, 0.3) is 10.0 Å². The van der Waals surface area contributed by atoms with Gasteiger partial charge in [-0.1, -0.05) is 6.07 Å². The Hall–Kier alpha value is -2.06. The average molecular weight is 309 g/mol. The molecule has 20 heavy (non-hydrogen) atoms. The van der Waals surface area contributed by atoms with E-state index in [0.29, 0.717) is 11.2 Å². The molecule has 2 N–H and O–H groups in total. The van der Waals surface area contributed by atoms with E-state index in [2.05, 4.69) is 0 Å². The monoisotopic (exact) mass is 309 g/mol. The van der Waals surface area contributed by atoms with Gasteiger partial charge in [-0.15, -0.1) is 11.3 Å². The number of benzene rings is 1. The number of imidazole rings is 1. The van der Waals surface area contributed by atoms with Gasteiger partial charge >= 0.3 is 5.69 Å². The molecule has 0 saturated heterocycles. The number of hydrogen-bond donors (Lipinski definition) is 1. The predicted molar refractivity (Wildman–Crippen MR) is 78.5 cm³/mol. The van der Waals surface area contributed by atoms with Crippen molar-refractivity contribution in [2.45, 2.75) is 4.21 Å². The van der Waals surface area contributed by atoms with Gasteiger partial charge in [0, 0.05) is 12.7 Å². The van der Waals surface area contributed by atoms with E-state index in [-0.39, 0.29) is 9.73 Å². The predicted octanol–water partition coefficient (Wildman–Crippen LogP) is 1.22. The summed E-state index contributed by atoms with van der Waals surface area (Å²) in [7, 11) is -2.37. The van der Waals surface area contributed by atoms with E-state index in [9.17, 15) is 13.2 Å². The lowest BCUT2D eigenvalue weighted by atomic mass is 10.3. The molecule has 3 rings (SSSR count). The van der Waals surface area contributed by atoms with Gasteiger partial charge in [-0.3, -0.25) is 4.57 Å². The third-order valence-corrected chi connectivity index (χ3v) is 6.09. The summed E-state index contributed by atoms with van der Waals surface area (Å²) in [6.07, 6.45) is 0. The van der Waals surface area contributed by atoms with Crippen LogP contribution in [0.5, 0.6) is 0 Å². The van der Waals surface area contributed by atoms with Gasteiger partial charge in [0.05, 0.1) is 11.0 Å². The SMILES string of the molecule is Cn1c(=O)n(S(=O)(=O)c2cccs2)c2cc(N)ccc21. The van der Waals surface area contributed by atoms with Crippen LogP contribution in [-0.4, -0.2) is 17.0 Å². The number of thiophene rings is 1. The largest absolute Gasteiger partial charge is 0.399 e. The second kappa shape index (κ2) is 4.22. The number of nitrogen functional groups attached to an aromatic ring is 1. The lowest BCUT2D eigenvalue weighted by Crippen LogP contribution is -2.27. The molecule has 0 fully saturated rings. The van der Waals surface area contributed by atoms with Crippen molar-refractivity contribution in [1.82, 2.24) is 8.54 Å². The summed E-state index contributed by atoms with van der Waals surface area (Å²) in [5, 5.41) is 1.65. The third kappa shape index (κ3) is 1.69. The third-order valence-electron chi connectivity index (χ3n) is 3.03. The molecule has 1 aromatic carbocycles. The van der Waals surface area contributed by atoms with Crippen molar-refractivity contribution >= 4 is 38.1 Å². The van der Waals surface area contributed by atoms with E-state index < -0.39 is 15.7 Å². The van der Waals surface area contributed by atoms with Crippen LogP contribution >= 0.6 is 11.3 Å².